The van der Waals surface area contributed by atoms with Gasteiger partial charge in [0.1, 0.15) is 5.82 Å². The van der Waals surface area contributed by atoms with Crippen molar-refractivity contribution in [2.75, 3.05) is 6.26 Å². The number of rotatable bonds is 4. The average Bonchev–Trinajstić information content (AvgIpc) is 2.35. The van der Waals surface area contributed by atoms with Crippen molar-refractivity contribution in [2.45, 2.75) is 43.5 Å². The number of nitrogens with one attached hydrogen (secondary N) is 1. The summed E-state index contributed by atoms with van der Waals surface area (Å²) in [6.45, 7) is 0.752. The van der Waals surface area contributed by atoms with Crippen LogP contribution in [0.15, 0.2) is 22.7 Å². The Morgan fingerprint density at radius 3 is 2.94 bits per heavy atom. The molecule has 0 heterocycles. The second kappa shape index (κ2) is 6.92. The molecule has 0 saturated heterocycles. The third-order valence-corrected chi connectivity index (χ3v) is 5.03. The lowest BCUT2D eigenvalue weighted by Crippen LogP contribution is -2.34. The summed E-state index contributed by atoms with van der Waals surface area (Å²) in [6, 6.07) is 5.66. The maximum atomic E-state index is 13.2. The fourth-order valence-electron chi connectivity index (χ4n) is 2.52. The minimum atomic E-state index is -0.174. The Hall–Kier alpha value is -0.0600. The summed E-state index contributed by atoms with van der Waals surface area (Å²) in [7, 11) is 0. The third kappa shape index (κ3) is 4.25. The molecule has 0 bridgehead atoms. The van der Waals surface area contributed by atoms with Crippen LogP contribution in [-0.2, 0) is 6.54 Å². The first-order valence-corrected chi connectivity index (χ1v) is 8.46. The number of thioether (sulfide) groups is 1. The summed E-state index contributed by atoms with van der Waals surface area (Å²) in [6.07, 6.45) is 7.31. The Kier molecular flexibility index (Phi) is 5.52. The van der Waals surface area contributed by atoms with Crippen molar-refractivity contribution in [1.82, 2.24) is 5.32 Å². The predicted molar refractivity (Wildman–Crippen MR) is 80.5 cm³/mol. The SMILES string of the molecule is CSC1CCCC(NCc2cc(F)cc(Br)c2)C1. The van der Waals surface area contributed by atoms with Gasteiger partial charge in [0.05, 0.1) is 0 Å². The van der Waals surface area contributed by atoms with E-state index in [1.165, 1.54) is 31.7 Å². The minimum absolute atomic E-state index is 0.174. The molecule has 1 N–H and O–H groups in total. The maximum absolute atomic E-state index is 13.2. The molecule has 0 spiro atoms. The number of halogens is 2. The van der Waals surface area contributed by atoms with Crippen LogP contribution in [0.5, 0.6) is 0 Å². The molecule has 2 rings (SSSR count). The summed E-state index contributed by atoms with van der Waals surface area (Å²) in [5.74, 6) is -0.174. The molecule has 1 saturated carbocycles. The second-order valence-corrected chi connectivity index (χ2v) is 6.93. The zero-order valence-corrected chi connectivity index (χ0v) is 13.0. The molecular formula is C14H19BrFNS. The molecule has 4 heteroatoms. The summed E-state index contributed by atoms with van der Waals surface area (Å²) < 4.78 is 14.1. The van der Waals surface area contributed by atoms with Crippen molar-refractivity contribution in [3.63, 3.8) is 0 Å². The molecule has 1 nitrogen and oxygen atoms in total. The average molecular weight is 332 g/mol. The van der Waals surface area contributed by atoms with Crippen LogP contribution in [-0.4, -0.2) is 17.5 Å². The molecule has 1 aromatic rings. The van der Waals surface area contributed by atoms with E-state index in [1.807, 2.05) is 17.8 Å². The van der Waals surface area contributed by atoms with E-state index in [9.17, 15) is 4.39 Å². The van der Waals surface area contributed by atoms with Gasteiger partial charge in [0.15, 0.2) is 0 Å². The fraction of sp³-hybridized carbons (Fsp3) is 0.571. The van der Waals surface area contributed by atoms with E-state index in [-0.39, 0.29) is 5.82 Å². The summed E-state index contributed by atoms with van der Waals surface area (Å²) >= 11 is 5.30. The molecule has 1 aliphatic carbocycles. The summed E-state index contributed by atoms with van der Waals surface area (Å²) in [5, 5.41) is 4.34. The van der Waals surface area contributed by atoms with Crippen molar-refractivity contribution >= 4 is 27.7 Å². The topological polar surface area (TPSA) is 12.0 Å². The highest BCUT2D eigenvalue weighted by Gasteiger charge is 2.20. The maximum Gasteiger partial charge on any atom is 0.124 e. The van der Waals surface area contributed by atoms with Crippen LogP contribution in [0.1, 0.15) is 31.2 Å². The Bertz CT molecular complexity index is 379. The highest BCUT2D eigenvalue weighted by atomic mass is 79.9. The summed E-state index contributed by atoms with van der Waals surface area (Å²) in [5.41, 5.74) is 1.01. The number of benzene rings is 1. The van der Waals surface area contributed by atoms with E-state index in [0.29, 0.717) is 6.04 Å². The van der Waals surface area contributed by atoms with Crippen LogP contribution in [0, 0.1) is 5.82 Å². The zero-order chi connectivity index (χ0) is 13.0. The van der Waals surface area contributed by atoms with E-state index < -0.39 is 0 Å². The number of hydrogen-bond acceptors (Lipinski definition) is 2. The van der Waals surface area contributed by atoms with Crippen molar-refractivity contribution in [2.24, 2.45) is 0 Å². The molecule has 0 radical (unpaired) electrons. The lowest BCUT2D eigenvalue weighted by Gasteiger charge is -2.28. The molecule has 1 aliphatic rings. The van der Waals surface area contributed by atoms with Crippen LogP contribution in [0.2, 0.25) is 0 Å². The van der Waals surface area contributed by atoms with Gasteiger partial charge >= 0.3 is 0 Å². The van der Waals surface area contributed by atoms with E-state index in [4.69, 9.17) is 0 Å². The van der Waals surface area contributed by atoms with Crippen LogP contribution < -0.4 is 5.32 Å². The molecule has 0 aliphatic heterocycles. The molecule has 2 atom stereocenters. The van der Waals surface area contributed by atoms with Gasteiger partial charge in [-0.2, -0.15) is 11.8 Å². The second-order valence-electron chi connectivity index (χ2n) is 4.88. The third-order valence-electron chi connectivity index (χ3n) is 3.48. The Morgan fingerprint density at radius 1 is 1.39 bits per heavy atom. The van der Waals surface area contributed by atoms with Gasteiger partial charge in [0.2, 0.25) is 0 Å². The molecule has 18 heavy (non-hydrogen) atoms. The van der Waals surface area contributed by atoms with E-state index in [2.05, 4.69) is 27.5 Å². The Morgan fingerprint density at radius 2 is 2.22 bits per heavy atom. The Balaban J connectivity index is 1.87. The van der Waals surface area contributed by atoms with Crippen LogP contribution >= 0.6 is 27.7 Å². The van der Waals surface area contributed by atoms with Crippen molar-refractivity contribution < 1.29 is 4.39 Å². The molecule has 1 aromatic carbocycles. The predicted octanol–water partition coefficient (Wildman–Crippen LogP) is 4.35. The standard InChI is InChI=1S/C14H19BrFNS/c1-18-14-4-2-3-13(8-14)17-9-10-5-11(15)7-12(16)6-10/h5-7,13-14,17H,2-4,8-9H2,1H3. The van der Waals surface area contributed by atoms with Crippen LogP contribution in [0.4, 0.5) is 4.39 Å². The molecule has 2 unspecified atom stereocenters. The Labute approximate surface area is 121 Å². The molecule has 0 amide bonds. The smallest absolute Gasteiger partial charge is 0.124 e. The van der Waals surface area contributed by atoms with Crippen molar-refractivity contribution in [3.05, 3.63) is 34.1 Å². The lowest BCUT2D eigenvalue weighted by atomic mass is 9.95. The molecule has 0 aromatic heterocycles. The first-order chi connectivity index (χ1) is 8.67. The zero-order valence-electron chi connectivity index (χ0n) is 10.6. The van der Waals surface area contributed by atoms with Crippen molar-refractivity contribution in [3.8, 4) is 0 Å². The first-order valence-electron chi connectivity index (χ1n) is 6.38. The van der Waals surface area contributed by atoms with E-state index >= 15 is 0 Å². The highest BCUT2D eigenvalue weighted by molar-refractivity contribution is 9.10. The van der Waals surface area contributed by atoms with Gasteiger partial charge in [-0.25, -0.2) is 4.39 Å². The van der Waals surface area contributed by atoms with Crippen molar-refractivity contribution in [1.29, 1.82) is 0 Å². The van der Waals surface area contributed by atoms with Gasteiger partial charge < -0.3 is 5.32 Å². The molecule has 100 valence electrons. The normalized spacial score (nSPS) is 24.2. The highest BCUT2D eigenvalue weighted by Crippen LogP contribution is 2.27. The van der Waals surface area contributed by atoms with E-state index in [0.717, 1.165) is 21.8 Å². The molecular weight excluding hydrogens is 313 g/mol. The van der Waals surface area contributed by atoms with Gasteiger partial charge in [0, 0.05) is 22.3 Å². The monoisotopic (exact) mass is 331 g/mol. The lowest BCUT2D eigenvalue weighted by molar-refractivity contribution is 0.379. The first kappa shape index (κ1) is 14.4. The largest absolute Gasteiger partial charge is 0.310 e. The fourth-order valence-corrected chi connectivity index (χ4v) is 3.86. The number of hydrogen-bond donors (Lipinski definition) is 1. The van der Waals surface area contributed by atoms with Gasteiger partial charge in [-0.1, -0.05) is 22.4 Å². The van der Waals surface area contributed by atoms with Gasteiger partial charge in [-0.15, -0.1) is 0 Å². The van der Waals surface area contributed by atoms with Gasteiger partial charge in [0.25, 0.3) is 0 Å². The summed E-state index contributed by atoms with van der Waals surface area (Å²) in [4.78, 5) is 0. The molecule has 1 fully saturated rings. The van der Waals surface area contributed by atoms with Crippen LogP contribution in [0.3, 0.4) is 0 Å². The minimum Gasteiger partial charge on any atom is -0.310 e. The van der Waals surface area contributed by atoms with E-state index in [1.54, 1.807) is 6.07 Å². The van der Waals surface area contributed by atoms with Crippen LogP contribution in [0.25, 0.3) is 0 Å². The van der Waals surface area contributed by atoms with Gasteiger partial charge in [-0.05, 0) is 49.3 Å². The quantitative estimate of drug-likeness (QED) is 0.880. The van der Waals surface area contributed by atoms with Gasteiger partial charge in [-0.3, -0.25) is 0 Å².